The maximum Gasteiger partial charge on any atom is 0.224 e. The molecule has 62 valence electrons. The Labute approximate surface area is 67.9 Å². The zero-order valence-corrected chi connectivity index (χ0v) is 5.99. The average Bonchev–Trinajstić information content (AvgIpc) is 2.15. The van der Waals surface area contributed by atoms with E-state index in [1.165, 1.54) is 6.20 Å². The van der Waals surface area contributed by atoms with Gasteiger partial charge in [0.25, 0.3) is 0 Å². The van der Waals surface area contributed by atoms with Crippen LogP contribution in [-0.4, -0.2) is 21.2 Å². The zero-order valence-electron chi connectivity index (χ0n) is 5.99. The first-order valence-electron chi connectivity index (χ1n) is 3.06. The first kappa shape index (κ1) is 8.12. The predicted molar refractivity (Wildman–Crippen MR) is 39.2 cm³/mol. The van der Waals surface area contributed by atoms with E-state index in [1.807, 2.05) is 0 Å². The van der Waals surface area contributed by atoms with Crippen molar-refractivity contribution in [3.63, 3.8) is 0 Å². The molecule has 0 amide bonds. The van der Waals surface area contributed by atoms with Crippen LogP contribution in [0.3, 0.4) is 0 Å². The normalized spacial score (nSPS) is 12.2. The average molecular weight is 166 g/mol. The van der Waals surface area contributed by atoms with Crippen LogP contribution in [0.4, 0.5) is 0 Å². The van der Waals surface area contributed by atoms with Gasteiger partial charge in [0.2, 0.25) is 5.84 Å². The van der Waals surface area contributed by atoms with E-state index in [-0.39, 0.29) is 5.84 Å². The minimum atomic E-state index is -0.0920. The Morgan fingerprint density at radius 1 is 1.42 bits per heavy atom. The maximum absolute atomic E-state index is 8.41. The summed E-state index contributed by atoms with van der Waals surface area (Å²) >= 11 is 0. The number of rotatable bonds is 1. The third-order valence-electron chi connectivity index (χ3n) is 1.15. The van der Waals surface area contributed by atoms with E-state index in [0.29, 0.717) is 5.56 Å². The van der Waals surface area contributed by atoms with Gasteiger partial charge >= 0.3 is 0 Å². The van der Waals surface area contributed by atoms with E-state index in [4.69, 9.17) is 10.4 Å². The molecule has 0 radical (unpaired) electrons. The molecule has 1 rings (SSSR count). The first-order valence-corrected chi connectivity index (χ1v) is 3.06. The van der Waals surface area contributed by atoms with Crippen LogP contribution < -0.4 is 0 Å². The van der Waals surface area contributed by atoms with E-state index in [9.17, 15) is 0 Å². The zero-order chi connectivity index (χ0) is 8.81. The van der Waals surface area contributed by atoms with Gasteiger partial charge in [-0.05, 0) is 12.1 Å². The SMILES string of the molecule is ON=NC(=NO)c1cccnc1. The molecule has 0 fully saturated rings. The largest absolute Gasteiger partial charge is 0.409 e. The van der Waals surface area contributed by atoms with Crippen LogP contribution in [0.15, 0.2) is 40.1 Å². The topological polar surface area (TPSA) is 90.4 Å². The van der Waals surface area contributed by atoms with Crippen LogP contribution in [0.2, 0.25) is 0 Å². The van der Waals surface area contributed by atoms with Crippen molar-refractivity contribution >= 4 is 5.84 Å². The molecule has 0 saturated carbocycles. The fourth-order valence-corrected chi connectivity index (χ4v) is 0.673. The number of nitrogens with zero attached hydrogens (tertiary/aromatic N) is 4. The van der Waals surface area contributed by atoms with Gasteiger partial charge in [0, 0.05) is 23.2 Å². The monoisotopic (exact) mass is 166 g/mol. The Balaban J connectivity index is 2.97. The van der Waals surface area contributed by atoms with Gasteiger partial charge in [-0.2, -0.15) is 0 Å². The number of pyridine rings is 1. The molecule has 0 saturated heterocycles. The summed E-state index contributed by atoms with van der Waals surface area (Å²) in [6.07, 6.45) is 3.00. The minimum absolute atomic E-state index is 0.0920. The second kappa shape index (κ2) is 4.02. The number of hydrogen-bond acceptors (Lipinski definition) is 4. The quantitative estimate of drug-likeness (QED) is 0.215. The lowest BCUT2D eigenvalue weighted by Crippen LogP contribution is -1.96. The molecule has 1 heterocycles. The highest BCUT2D eigenvalue weighted by molar-refractivity contribution is 5.98. The molecule has 0 unspecified atom stereocenters. The molecule has 1 aromatic heterocycles. The van der Waals surface area contributed by atoms with Crippen molar-refractivity contribution in [2.75, 3.05) is 0 Å². The van der Waals surface area contributed by atoms with Crippen LogP contribution in [0.5, 0.6) is 0 Å². The molecule has 12 heavy (non-hydrogen) atoms. The smallest absolute Gasteiger partial charge is 0.224 e. The number of aromatic nitrogens is 1. The van der Waals surface area contributed by atoms with Crippen LogP contribution in [-0.2, 0) is 0 Å². The van der Waals surface area contributed by atoms with Crippen LogP contribution in [0.25, 0.3) is 0 Å². The molecule has 0 bridgehead atoms. The Bertz CT molecular complexity index is 296. The summed E-state index contributed by atoms with van der Waals surface area (Å²) in [7, 11) is 0. The van der Waals surface area contributed by atoms with Crippen molar-refractivity contribution in [2.45, 2.75) is 0 Å². The summed E-state index contributed by atoms with van der Waals surface area (Å²) in [5, 5.41) is 24.9. The molecule has 0 aliphatic carbocycles. The van der Waals surface area contributed by atoms with Gasteiger partial charge in [-0.3, -0.25) is 4.98 Å². The lowest BCUT2D eigenvalue weighted by Gasteiger charge is -1.93. The molecule has 6 heteroatoms. The van der Waals surface area contributed by atoms with Gasteiger partial charge in [-0.25, -0.2) is 0 Å². The second-order valence-electron chi connectivity index (χ2n) is 1.85. The highest BCUT2D eigenvalue weighted by atomic mass is 16.5. The van der Waals surface area contributed by atoms with Crippen LogP contribution in [0, 0.1) is 0 Å². The maximum atomic E-state index is 8.41. The summed E-state index contributed by atoms with van der Waals surface area (Å²) in [6, 6.07) is 3.27. The highest BCUT2D eigenvalue weighted by Gasteiger charge is 2.01. The van der Waals surface area contributed by atoms with Crippen molar-refractivity contribution in [3.05, 3.63) is 30.1 Å². The molecule has 6 nitrogen and oxygen atoms in total. The number of oxime groups is 1. The molecular formula is C6H6N4O2. The Kier molecular flexibility index (Phi) is 2.72. The molecule has 0 spiro atoms. The van der Waals surface area contributed by atoms with Gasteiger partial charge in [0.1, 0.15) is 0 Å². The minimum Gasteiger partial charge on any atom is -0.409 e. The van der Waals surface area contributed by atoms with Crippen molar-refractivity contribution < 1.29 is 10.4 Å². The van der Waals surface area contributed by atoms with E-state index in [1.54, 1.807) is 18.3 Å². The molecule has 0 aromatic carbocycles. The van der Waals surface area contributed by atoms with Crippen LogP contribution >= 0.6 is 0 Å². The van der Waals surface area contributed by atoms with Gasteiger partial charge in [0.05, 0.1) is 0 Å². The molecule has 1 aromatic rings. The van der Waals surface area contributed by atoms with Crippen LogP contribution in [0.1, 0.15) is 5.56 Å². The summed E-state index contributed by atoms with van der Waals surface area (Å²) in [6.45, 7) is 0. The Morgan fingerprint density at radius 3 is 2.75 bits per heavy atom. The van der Waals surface area contributed by atoms with Gasteiger partial charge in [0.15, 0.2) is 0 Å². The predicted octanol–water partition coefficient (Wildman–Crippen LogP) is 1.06. The highest BCUT2D eigenvalue weighted by Crippen LogP contribution is 1.99. The fourth-order valence-electron chi connectivity index (χ4n) is 0.673. The number of amidine groups is 1. The standard InChI is InChI=1S/C6H6N4O2/c11-9-6(8-10-12)5-2-1-3-7-4-5/h1-4,11H,(H,8,9,12). The van der Waals surface area contributed by atoms with E-state index in [2.05, 4.69) is 20.5 Å². The lowest BCUT2D eigenvalue weighted by atomic mass is 10.3. The van der Waals surface area contributed by atoms with Crippen molar-refractivity contribution in [3.8, 4) is 0 Å². The van der Waals surface area contributed by atoms with Crippen molar-refractivity contribution in [1.82, 2.24) is 4.98 Å². The van der Waals surface area contributed by atoms with E-state index in [0.717, 1.165) is 0 Å². The lowest BCUT2D eigenvalue weighted by molar-refractivity contribution is 0.286. The van der Waals surface area contributed by atoms with Gasteiger partial charge in [-0.15, -0.1) is 0 Å². The summed E-state index contributed by atoms with van der Waals surface area (Å²) < 4.78 is 0. The molecule has 2 N–H and O–H groups in total. The van der Waals surface area contributed by atoms with Crippen molar-refractivity contribution in [2.24, 2.45) is 15.5 Å². The van der Waals surface area contributed by atoms with E-state index >= 15 is 0 Å². The molecule has 0 atom stereocenters. The molecule has 0 aliphatic rings. The Hall–Kier alpha value is -1.98. The summed E-state index contributed by atoms with van der Waals surface area (Å²) in [5.74, 6) is -0.0920. The van der Waals surface area contributed by atoms with E-state index < -0.39 is 0 Å². The van der Waals surface area contributed by atoms with Gasteiger partial charge < -0.3 is 10.4 Å². The van der Waals surface area contributed by atoms with Gasteiger partial charge in [-0.1, -0.05) is 10.3 Å². The molecular weight excluding hydrogens is 160 g/mol. The molecule has 0 aliphatic heterocycles. The first-order chi connectivity index (χ1) is 5.88. The third kappa shape index (κ3) is 1.75. The fraction of sp³-hybridized carbons (Fsp3) is 0. The number of hydrogen-bond donors (Lipinski definition) is 2. The second-order valence-corrected chi connectivity index (χ2v) is 1.85. The van der Waals surface area contributed by atoms with Crippen molar-refractivity contribution in [1.29, 1.82) is 0 Å². The Morgan fingerprint density at radius 2 is 2.25 bits per heavy atom. The summed E-state index contributed by atoms with van der Waals surface area (Å²) in [5.41, 5.74) is 0.470. The summed E-state index contributed by atoms with van der Waals surface area (Å²) in [4.78, 5) is 3.76. The third-order valence-corrected chi connectivity index (χ3v) is 1.15.